The minimum absolute atomic E-state index is 0.325. The Morgan fingerprint density at radius 1 is 1.12 bits per heavy atom. The van der Waals surface area contributed by atoms with Crippen LogP contribution in [0, 0.1) is 0 Å². The van der Waals surface area contributed by atoms with Gasteiger partial charge in [-0.2, -0.15) is 5.10 Å². The zero-order chi connectivity index (χ0) is 16.9. The normalized spacial score (nSPS) is 10.6. The van der Waals surface area contributed by atoms with Crippen molar-refractivity contribution in [3.63, 3.8) is 0 Å². The van der Waals surface area contributed by atoms with Crippen molar-refractivity contribution in [2.75, 3.05) is 7.11 Å². The number of carbonyl (C=O) groups excluding carboxylic acids is 1. The molecule has 0 aliphatic rings. The Kier molecular flexibility index (Phi) is 4.93. The molecule has 1 aromatic heterocycles. The fraction of sp³-hybridized carbons (Fsp3) is 0.111. The number of rotatable bonds is 5. The second kappa shape index (κ2) is 7.29. The number of halogens is 1. The van der Waals surface area contributed by atoms with Crippen LogP contribution in [0.4, 0.5) is 0 Å². The summed E-state index contributed by atoms with van der Waals surface area (Å²) in [6, 6.07) is 17.6. The smallest absolute Gasteiger partial charge is 0.344 e. The summed E-state index contributed by atoms with van der Waals surface area (Å²) in [7, 11) is 1.58. The van der Waals surface area contributed by atoms with Crippen molar-refractivity contribution in [2.24, 2.45) is 0 Å². The van der Waals surface area contributed by atoms with E-state index >= 15 is 0 Å². The molecule has 0 aliphatic carbocycles. The lowest BCUT2D eigenvalue weighted by Crippen LogP contribution is -2.11. The molecule has 3 rings (SSSR count). The van der Waals surface area contributed by atoms with E-state index in [1.165, 1.54) is 0 Å². The van der Waals surface area contributed by atoms with Crippen molar-refractivity contribution in [1.82, 2.24) is 9.78 Å². The first kappa shape index (κ1) is 16.2. The van der Waals surface area contributed by atoms with Crippen LogP contribution >= 0.6 is 11.6 Å². The average Bonchev–Trinajstić information content (AvgIpc) is 2.99. The first-order valence-corrected chi connectivity index (χ1v) is 7.66. The SMILES string of the molecule is COCc1cc(OC(=O)c2ccc(Cl)cc2)n(-c2ccccc2)n1. The number of aromatic nitrogens is 2. The number of esters is 1. The van der Waals surface area contributed by atoms with Gasteiger partial charge in [-0.05, 0) is 36.4 Å². The third-order valence-corrected chi connectivity index (χ3v) is 3.55. The van der Waals surface area contributed by atoms with Crippen molar-refractivity contribution in [1.29, 1.82) is 0 Å². The van der Waals surface area contributed by atoms with Crippen molar-refractivity contribution in [3.05, 3.63) is 76.9 Å². The van der Waals surface area contributed by atoms with E-state index in [-0.39, 0.29) is 0 Å². The molecule has 0 unspecified atom stereocenters. The Bertz CT molecular complexity index is 829. The summed E-state index contributed by atoms with van der Waals surface area (Å²) >= 11 is 5.84. The van der Waals surface area contributed by atoms with Gasteiger partial charge in [0.05, 0.1) is 23.6 Å². The molecule has 6 heteroatoms. The van der Waals surface area contributed by atoms with Crippen molar-refractivity contribution >= 4 is 17.6 Å². The highest BCUT2D eigenvalue weighted by molar-refractivity contribution is 6.30. The van der Waals surface area contributed by atoms with E-state index in [9.17, 15) is 4.79 Å². The van der Waals surface area contributed by atoms with E-state index in [1.54, 1.807) is 42.1 Å². The highest BCUT2D eigenvalue weighted by atomic mass is 35.5. The summed E-state index contributed by atoms with van der Waals surface area (Å²) in [5.41, 5.74) is 1.87. The lowest BCUT2D eigenvalue weighted by Gasteiger charge is -2.07. The van der Waals surface area contributed by atoms with Gasteiger partial charge in [-0.25, -0.2) is 9.48 Å². The van der Waals surface area contributed by atoms with Crippen LogP contribution in [0.15, 0.2) is 60.7 Å². The van der Waals surface area contributed by atoms with Crippen LogP contribution in [0.5, 0.6) is 5.88 Å². The average molecular weight is 343 g/mol. The number of nitrogens with zero attached hydrogens (tertiary/aromatic N) is 2. The maximum Gasteiger partial charge on any atom is 0.344 e. The summed E-state index contributed by atoms with van der Waals surface area (Å²) in [4.78, 5) is 12.3. The topological polar surface area (TPSA) is 53.4 Å². The third-order valence-electron chi connectivity index (χ3n) is 3.30. The van der Waals surface area contributed by atoms with E-state index in [1.807, 2.05) is 30.3 Å². The van der Waals surface area contributed by atoms with Crippen LogP contribution in [0.3, 0.4) is 0 Å². The zero-order valence-electron chi connectivity index (χ0n) is 13.0. The largest absolute Gasteiger partial charge is 0.404 e. The Labute approximate surface area is 144 Å². The van der Waals surface area contributed by atoms with Gasteiger partial charge in [-0.15, -0.1) is 0 Å². The predicted octanol–water partition coefficient (Wildman–Crippen LogP) is 3.89. The summed E-state index contributed by atoms with van der Waals surface area (Å²) in [6.45, 7) is 0.325. The third kappa shape index (κ3) is 3.64. The molecule has 0 bridgehead atoms. The number of benzene rings is 2. The fourth-order valence-electron chi connectivity index (χ4n) is 2.20. The number of carbonyl (C=O) groups is 1. The Hall–Kier alpha value is -2.63. The predicted molar refractivity (Wildman–Crippen MR) is 90.7 cm³/mol. The Balaban J connectivity index is 1.91. The van der Waals surface area contributed by atoms with Gasteiger partial charge in [0.15, 0.2) is 0 Å². The van der Waals surface area contributed by atoms with Gasteiger partial charge in [0.1, 0.15) is 0 Å². The standard InChI is InChI=1S/C18H15ClN2O3/c1-23-12-15-11-17(21(20-15)16-5-3-2-4-6-16)24-18(22)13-7-9-14(19)10-8-13/h2-11H,12H2,1H3. The van der Waals surface area contributed by atoms with Crippen LogP contribution in [0.1, 0.15) is 16.1 Å². The molecule has 122 valence electrons. The van der Waals surface area contributed by atoms with Crippen LogP contribution < -0.4 is 4.74 Å². The molecule has 0 spiro atoms. The van der Waals surface area contributed by atoms with Crippen molar-refractivity contribution < 1.29 is 14.3 Å². The number of ether oxygens (including phenoxy) is 2. The second-order valence-corrected chi connectivity index (χ2v) is 5.49. The molecule has 0 saturated heterocycles. The van der Waals surface area contributed by atoms with Gasteiger partial charge in [0.25, 0.3) is 0 Å². The van der Waals surface area contributed by atoms with E-state index in [0.29, 0.717) is 28.8 Å². The zero-order valence-corrected chi connectivity index (χ0v) is 13.7. The summed E-state index contributed by atoms with van der Waals surface area (Å²) in [6.07, 6.45) is 0. The molecule has 5 nitrogen and oxygen atoms in total. The molecule has 2 aromatic carbocycles. The van der Waals surface area contributed by atoms with Gasteiger partial charge in [0.2, 0.25) is 5.88 Å². The number of hydrogen-bond donors (Lipinski definition) is 0. The van der Waals surface area contributed by atoms with Crippen LogP contribution in [0.2, 0.25) is 5.02 Å². The molecular weight excluding hydrogens is 328 g/mol. The van der Waals surface area contributed by atoms with Crippen LogP contribution in [-0.2, 0) is 11.3 Å². The van der Waals surface area contributed by atoms with Gasteiger partial charge in [-0.3, -0.25) is 0 Å². The molecule has 0 saturated carbocycles. The molecule has 0 amide bonds. The second-order valence-electron chi connectivity index (χ2n) is 5.05. The van der Waals surface area contributed by atoms with E-state index in [2.05, 4.69) is 5.10 Å². The van der Waals surface area contributed by atoms with Crippen molar-refractivity contribution in [3.8, 4) is 11.6 Å². The van der Waals surface area contributed by atoms with Crippen LogP contribution in [0.25, 0.3) is 5.69 Å². The van der Waals surface area contributed by atoms with E-state index in [0.717, 1.165) is 5.69 Å². The first-order valence-electron chi connectivity index (χ1n) is 7.28. The fourth-order valence-corrected chi connectivity index (χ4v) is 2.32. The molecule has 0 aliphatic heterocycles. The highest BCUT2D eigenvalue weighted by Gasteiger charge is 2.16. The van der Waals surface area contributed by atoms with Crippen molar-refractivity contribution in [2.45, 2.75) is 6.61 Å². The molecular formula is C18H15ClN2O3. The molecule has 0 N–H and O–H groups in total. The highest BCUT2D eigenvalue weighted by Crippen LogP contribution is 2.21. The monoisotopic (exact) mass is 342 g/mol. The van der Waals surface area contributed by atoms with Gasteiger partial charge < -0.3 is 9.47 Å². The molecule has 1 heterocycles. The maximum atomic E-state index is 12.3. The first-order chi connectivity index (χ1) is 11.7. The number of methoxy groups -OCH3 is 1. The van der Waals surface area contributed by atoms with E-state index in [4.69, 9.17) is 21.1 Å². The lowest BCUT2D eigenvalue weighted by molar-refractivity contribution is 0.0723. The molecule has 3 aromatic rings. The Morgan fingerprint density at radius 2 is 1.83 bits per heavy atom. The van der Waals surface area contributed by atoms with E-state index < -0.39 is 5.97 Å². The van der Waals surface area contributed by atoms with Gasteiger partial charge in [-0.1, -0.05) is 29.8 Å². The number of hydrogen-bond acceptors (Lipinski definition) is 4. The van der Waals surface area contributed by atoms with Gasteiger partial charge in [0, 0.05) is 18.2 Å². The van der Waals surface area contributed by atoms with Gasteiger partial charge >= 0.3 is 5.97 Å². The minimum atomic E-state index is -0.479. The molecule has 0 radical (unpaired) electrons. The molecule has 0 fully saturated rings. The molecule has 0 atom stereocenters. The Morgan fingerprint density at radius 3 is 2.50 bits per heavy atom. The lowest BCUT2D eigenvalue weighted by atomic mass is 10.2. The maximum absolute atomic E-state index is 12.3. The summed E-state index contributed by atoms with van der Waals surface area (Å²) in [5.74, 6) is -0.152. The van der Waals surface area contributed by atoms with Crippen LogP contribution in [-0.4, -0.2) is 22.9 Å². The minimum Gasteiger partial charge on any atom is -0.404 e. The summed E-state index contributed by atoms with van der Waals surface area (Å²) < 4.78 is 12.2. The number of para-hydroxylation sites is 1. The quantitative estimate of drug-likeness (QED) is 0.660. The molecule has 24 heavy (non-hydrogen) atoms. The summed E-state index contributed by atoms with van der Waals surface area (Å²) in [5, 5.41) is 4.98.